The van der Waals surface area contributed by atoms with Crippen LogP contribution in [0.1, 0.15) is 24.0 Å². The van der Waals surface area contributed by atoms with Gasteiger partial charge in [0.15, 0.2) is 0 Å². The van der Waals surface area contributed by atoms with Gasteiger partial charge in [-0.1, -0.05) is 109 Å². The van der Waals surface area contributed by atoms with E-state index in [9.17, 15) is 0 Å². The van der Waals surface area contributed by atoms with E-state index in [0.29, 0.717) is 0 Å². The molecule has 6 aromatic rings. The predicted molar refractivity (Wildman–Crippen MR) is 195 cm³/mol. The van der Waals surface area contributed by atoms with E-state index in [-0.39, 0.29) is 6.15 Å². The minimum atomic E-state index is 0. The molecule has 1 aliphatic rings. The van der Waals surface area contributed by atoms with E-state index in [0.717, 1.165) is 24.2 Å². The topological polar surface area (TPSA) is 41.5 Å². The predicted octanol–water partition coefficient (Wildman–Crippen LogP) is 11.9. The molecule has 0 aliphatic heterocycles. The van der Waals surface area contributed by atoms with Crippen LogP contribution in [-0.2, 0) is 0 Å². The standard InChI is InChI=1S/C42H36N2.H3N/c1-31-18-24-37(25-19-31)43(2)38-26-20-33(21-27-38)34-22-28-39(29-23-34)44(42-17-9-13-35-12-6-7-16-41(35)42)40-15-8-14-36(30-40)32-10-4-3-5-11-32;/h4,6-30H,3,5H2,1-2H3;1H3. The van der Waals surface area contributed by atoms with Crippen molar-refractivity contribution in [1.29, 1.82) is 0 Å². The van der Waals surface area contributed by atoms with Gasteiger partial charge in [0.1, 0.15) is 0 Å². The normalized spacial score (nSPS) is 12.4. The number of benzene rings is 6. The molecule has 1 aliphatic carbocycles. The summed E-state index contributed by atoms with van der Waals surface area (Å²) in [4.78, 5) is 4.62. The fourth-order valence-electron chi connectivity index (χ4n) is 6.08. The second-order valence-electron chi connectivity index (χ2n) is 11.5. The number of allylic oxidation sites excluding steroid dienone is 4. The highest BCUT2D eigenvalue weighted by molar-refractivity contribution is 5.99. The Morgan fingerprint density at radius 1 is 0.533 bits per heavy atom. The summed E-state index contributed by atoms with van der Waals surface area (Å²) in [5.41, 5.74) is 12.0. The first-order chi connectivity index (χ1) is 21.6. The molecule has 0 spiro atoms. The van der Waals surface area contributed by atoms with Crippen molar-refractivity contribution in [2.45, 2.75) is 19.8 Å². The van der Waals surface area contributed by atoms with Crippen molar-refractivity contribution in [2.75, 3.05) is 16.8 Å². The maximum atomic E-state index is 2.39. The molecule has 0 amide bonds. The molecule has 0 fully saturated rings. The van der Waals surface area contributed by atoms with Crippen LogP contribution in [0, 0.1) is 6.92 Å². The van der Waals surface area contributed by atoms with Gasteiger partial charge in [0.25, 0.3) is 0 Å². The van der Waals surface area contributed by atoms with Crippen molar-refractivity contribution in [2.24, 2.45) is 0 Å². The zero-order chi connectivity index (χ0) is 29.9. The van der Waals surface area contributed by atoms with Crippen LogP contribution in [-0.4, -0.2) is 7.05 Å². The quantitative estimate of drug-likeness (QED) is 0.203. The van der Waals surface area contributed by atoms with Gasteiger partial charge in [-0.2, -0.15) is 0 Å². The first kappa shape index (κ1) is 29.7. The highest BCUT2D eigenvalue weighted by Crippen LogP contribution is 2.40. The molecular formula is C42H39N3. The average molecular weight is 586 g/mol. The SMILES string of the molecule is Cc1ccc(N(C)c2ccc(-c3ccc(N(c4cccc(C5=CCCC=C5)c4)c4cccc5ccccc45)cc3)cc2)cc1.N. The van der Waals surface area contributed by atoms with E-state index < -0.39 is 0 Å². The number of nitrogens with zero attached hydrogens (tertiary/aromatic N) is 2. The number of hydrogen-bond acceptors (Lipinski definition) is 3. The van der Waals surface area contributed by atoms with E-state index >= 15 is 0 Å². The summed E-state index contributed by atoms with van der Waals surface area (Å²) >= 11 is 0. The summed E-state index contributed by atoms with van der Waals surface area (Å²) in [6, 6.07) is 50.6. The van der Waals surface area contributed by atoms with E-state index in [2.05, 4.69) is 182 Å². The van der Waals surface area contributed by atoms with Crippen molar-refractivity contribution in [1.82, 2.24) is 6.15 Å². The zero-order valence-electron chi connectivity index (χ0n) is 26.0. The number of hydrogen-bond donors (Lipinski definition) is 1. The summed E-state index contributed by atoms with van der Waals surface area (Å²) in [6.45, 7) is 2.12. The number of aryl methyl sites for hydroxylation is 1. The molecule has 0 unspecified atom stereocenters. The highest BCUT2D eigenvalue weighted by Gasteiger charge is 2.16. The van der Waals surface area contributed by atoms with Gasteiger partial charge in [0.2, 0.25) is 0 Å². The first-order valence-corrected chi connectivity index (χ1v) is 15.4. The molecule has 0 heterocycles. The van der Waals surface area contributed by atoms with Crippen LogP contribution in [0.3, 0.4) is 0 Å². The van der Waals surface area contributed by atoms with Crippen LogP contribution in [0.5, 0.6) is 0 Å². The van der Waals surface area contributed by atoms with Crippen molar-refractivity contribution < 1.29 is 0 Å². The van der Waals surface area contributed by atoms with E-state index in [1.807, 2.05) is 0 Å². The third kappa shape index (κ3) is 6.17. The van der Waals surface area contributed by atoms with Crippen LogP contribution < -0.4 is 16.0 Å². The van der Waals surface area contributed by atoms with Crippen molar-refractivity contribution in [3.8, 4) is 11.1 Å². The molecule has 222 valence electrons. The number of fused-ring (bicyclic) bond motifs is 1. The van der Waals surface area contributed by atoms with Gasteiger partial charge < -0.3 is 16.0 Å². The van der Waals surface area contributed by atoms with Gasteiger partial charge in [-0.3, -0.25) is 0 Å². The summed E-state index contributed by atoms with van der Waals surface area (Å²) in [6.07, 6.45) is 9.08. The number of anilines is 5. The van der Waals surface area contributed by atoms with Crippen LogP contribution in [0.15, 0.2) is 158 Å². The Morgan fingerprint density at radius 3 is 1.84 bits per heavy atom. The third-order valence-electron chi connectivity index (χ3n) is 8.57. The molecule has 3 N–H and O–H groups in total. The Morgan fingerprint density at radius 2 is 1.16 bits per heavy atom. The van der Waals surface area contributed by atoms with Crippen molar-refractivity contribution >= 4 is 44.8 Å². The maximum Gasteiger partial charge on any atom is 0.0540 e. The van der Waals surface area contributed by atoms with Crippen LogP contribution in [0.2, 0.25) is 0 Å². The first-order valence-electron chi connectivity index (χ1n) is 15.4. The highest BCUT2D eigenvalue weighted by atomic mass is 15.1. The Labute approximate surface area is 267 Å². The second kappa shape index (κ2) is 13.1. The Kier molecular flexibility index (Phi) is 8.63. The molecule has 0 atom stereocenters. The molecule has 6 aromatic carbocycles. The molecule has 0 saturated heterocycles. The summed E-state index contributed by atoms with van der Waals surface area (Å²) < 4.78 is 0. The largest absolute Gasteiger partial charge is 0.345 e. The average Bonchev–Trinajstić information content (AvgIpc) is 3.09. The Hall–Kier alpha value is -5.38. The van der Waals surface area contributed by atoms with Crippen molar-refractivity contribution in [3.63, 3.8) is 0 Å². The second-order valence-corrected chi connectivity index (χ2v) is 11.5. The summed E-state index contributed by atoms with van der Waals surface area (Å²) in [7, 11) is 2.12. The smallest absolute Gasteiger partial charge is 0.0540 e. The van der Waals surface area contributed by atoms with Gasteiger partial charge in [-0.25, -0.2) is 0 Å². The fraction of sp³-hybridized carbons (Fsp3) is 0.0952. The van der Waals surface area contributed by atoms with E-state index in [1.54, 1.807) is 0 Å². The van der Waals surface area contributed by atoms with Crippen molar-refractivity contribution in [3.05, 3.63) is 169 Å². The minimum absolute atomic E-state index is 0. The Bertz CT molecular complexity index is 1960. The molecule has 0 radical (unpaired) electrons. The van der Waals surface area contributed by atoms with Crippen LogP contribution in [0.4, 0.5) is 28.4 Å². The fourth-order valence-corrected chi connectivity index (χ4v) is 6.08. The lowest BCUT2D eigenvalue weighted by Crippen LogP contribution is -2.10. The summed E-state index contributed by atoms with van der Waals surface area (Å²) in [5, 5.41) is 2.46. The molecule has 0 saturated carbocycles. The lowest BCUT2D eigenvalue weighted by molar-refractivity contribution is 1.04. The molecule has 45 heavy (non-hydrogen) atoms. The molecule has 7 rings (SSSR count). The summed E-state index contributed by atoms with van der Waals surface area (Å²) in [5.74, 6) is 0. The van der Waals surface area contributed by atoms with Crippen LogP contribution >= 0.6 is 0 Å². The van der Waals surface area contributed by atoms with Gasteiger partial charge in [-0.05, 0) is 102 Å². The number of rotatable bonds is 7. The maximum absolute atomic E-state index is 2.39. The zero-order valence-corrected chi connectivity index (χ0v) is 26.0. The monoisotopic (exact) mass is 585 g/mol. The molecule has 3 nitrogen and oxygen atoms in total. The van der Waals surface area contributed by atoms with E-state index in [4.69, 9.17) is 0 Å². The van der Waals surface area contributed by atoms with E-state index in [1.165, 1.54) is 55.7 Å². The van der Waals surface area contributed by atoms with Gasteiger partial charge >= 0.3 is 0 Å². The molecule has 0 bridgehead atoms. The molecule has 0 aromatic heterocycles. The molecule has 3 heteroatoms. The Balaban J connectivity index is 0.00000357. The minimum Gasteiger partial charge on any atom is -0.345 e. The third-order valence-corrected chi connectivity index (χ3v) is 8.57. The van der Waals surface area contributed by atoms with Gasteiger partial charge in [-0.15, -0.1) is 0 Å². The van der Waals surface area contributed by atoms with Crippen LogP contribution in [0.25, 0.3) is 27.5 Å². The van der Waals surface area contributed by atoms with Gasteiger partial charge in [0.05, 0.1) is 5.69 Å². The van der Waals surface area contributed by atoms with Gasteiger partial charge in [0, 0.05) is 35.2 Å². The lowest BCUT2D eigenvalue weighted by Gasteiger charge is -2.27. The molecular weight excluding hydrogens is 546 g/mol. The lowest BCUT2D eigenvalue weighted by atomic mass is 9.98.